The highest BCUT2D eigenvalue weighted by Crippen LogP contribution is 2.62. The van der Waals surface area contributed by atoms with Crippen LogP contribution in [0.1, 0.15) is 39.2 Å². The van der Waals surface area contributed by atoms with E-state index in [-0.39, 0.29) is 35.4 Å². The van der Waals surface area contributed by atoms with Gasteiger partial charge in [-0.2, -0.15) is 0 Å². The summed E-state index contributed by atoms with van der Waals surface area (Å²) in [5.74, 6) is 2.46. The first-order valence-corrected chi connectivity index (χ1v) is 17.7. The number of alkyl halides is 1. The molecule has 12 heteroatoms. The molecule has 10 nitrogen and oxygen atoms in total. The van der Waals surface area contributed by atoms with Crippen molar-refractivity contribution in [3.05, 3.63) is 58.1 Å². The lowest BCUT2D eigenvalue weighted by molar-refractivity contribution is -0.108. The van der Waals surface area contributed by atoms with E-state index in [1.165, 1.54) is 19.6 Å². The summed E-state index contributed by atoms with van der Waals surface area (Å²) in [6.07, 6.45) is 2.50. The van der Waals surface area contributed by atoms with E-state index in [9.17, 15) is 19.0 Å². The highest BCUT2D eigenvalue weighted by atomic mass is 19.1. The lowest BCUT2D eigenvalue weighted by Crippen LogP contribution is -2.64. The van der Waals surface area contributed by atoms with E-state index < -0.39 is 6.67 Å². The number of benzene rings is 2. The zero-order valence-corrected chi connectivity index (χ0v) is 29.1. The van der Waals surface area contributed by atoms with E-state index >= 15 is 0 Å². The molecule has 2 saturated heterocycles. The summed E-state index contributed by atoms with van der Waals surface area (Å²) in [6.45, 7) is 10.7. The van der Waals surface area contributed by atoms with Gasteiger partial charge in [0, 0.05) is 57.1 Å². The van der Waals surface area contributed by atoms with Crippen molar-refractivity contribution >= 4 is 28.5 Å². The van der Waals surface area contributed by atoms with Crippen LogP contribution in [-0.2, 0) is 17.7 Å². The maximum absolute atomic E-state index is 14.9. The zero-order valence-electron chi connectivity index (χ0n) is 29.1. The van der Waals surface area contributed by atoms with Crippen LogP contribution < -0.4 is 25.4 Å². The van der Waals surface area contributed by atoms with E-state index in [0.717, 1.165) is 12.1 Å². The highest BCUT2D eigenvalue weighted by Gasteiger charge is 2.57. The number of anilines is 2. The molecule has 8 rings (SSSR count). The number of nitrogens with zero attached hydrogens (tertiary/aromatic N) is 5. The lowest BCUT2D eigenvalue weighted by atomic mass is 9.44. The Morgan fingerprint density at radius 2 is 1.96 bits per heavy atom. The van der Waals surface area contributed by atoms with Gasteiger partial charge in [-0.05, 0) is 72.3 Å². The van der Waals surface area contributed by atoms with Gasteiger partial charge in [-0.15, -0.1) is 0 Å². The topological polar surface area (TPSA) is 98.9 Å². The Kier molecular flexibility index (Phi) is 9.29. The number of fused-ring (bicyclic) bond motifs is 3. The molecule has 5 fully saturated rings. The van der Waals surface area contributed by atoms with Gasteiger partial charge in [0.25, 0.3) is 5.56 Å². The SMILES string of the molecule is COc1ccc(CCn2c(N3CCOCC3)nc3cc(N(C(=N)N4CCN[C@@H](CF)C4)[C@H]4C[C@H]5C[C@@H]([C@@H]4C)C5(C)C)ccc3c2=O)c(F)c1. The van der Waals surface area contributed by atoms with E-state index in [4.69, 9.17) is 14.5 Å². The molecule has 2 aliphatic heterocycles. The number of piperazine rings is 1. The molecule has 3 aliphatic carbocycles. The first-order chi connectivity index (χ1) is 23.6. The quantitative estimate of drug-likeness (QED) is 0.262. The predicted molar refractivity (Wildman–Crippen MR) is 188 cm³/mol. The largest absolute Gasteiger partial charge is 0.497 e. The minimum Gasteiger partial charge on any atom is -0.497 e. The van der Waals surface area contributed by atoms with Crippen molar-refractivity contribution in [2.24, 2.45) is 23.2 Å². The summed E-state index contributed by atoms with van der Waals surface area (Å²) >= 11 is 0. The van der Waals surface area contributed by atoms with Gasteiger partial charge in [0.2, 0.25) is 5.95 Å². The molecule has 2 bridgehead atoms. The average Bonchev–Trinajstić information content (AvgIpc) is 3.12. The fraction of sp³-hybridized carbons (Fsp3) is 0.595. The second-order valence-electron chi connectivity index (χ2n) is 14.8. The molecule has 2 N–H and O–H groups in total. The second-order valence-corrected chi connectivity index (χ2v) is 14.8. The number of guanidine groups is 1. The molecule has 3 aromatic rings. The monoisotopic (exact) mass is 677 g/mol. The Morgan fingerprint density at radius 3 is 2.65 bits per heavy atom. The zero-order chi connectivity index (χ0) is 34.4. The third kappa shape index (κ3) is 6.15. The van der Waals surface area contributed by atoms with Crippen LogP contribution in [0.4, 0.5) is 20.4 Å². The number of morpholine rings is 1. The van der Waals surface area contributed by atoms with Crippen LogP contribution in [0, 0.1) is 34.4 Å². The van der Waals surface area contributed by atoms with Crippen LogP contribution in [0.15, 0.2) is 41.2 Å². The minimum atomic E-state index is -0.483. The standard InChI is InChI=1S/C37H49F2N7O3/c1-23-30-17-25(37(30,2)3)18-33(23)46(35(40)44-12-10-41-26(21-38)22-44)27-6-8-29-32(19-27)42-36(43-13-15-49-16-14-43)45(34(29)47)11-9-24-5-7-28(48-4)20-31(24)39/h5-8,19-20,23,25-26,30,33,40-41H,9-18,21-22H2,1-4H3/t23-,25+,26-,30-,33-/m0/s1. The molecule has 0 unspecified atom stereocenters. The van der Waals surface area contributed by atoms with Crippen LogP contribution in [0.5, 0.6) is 5.75 Å². The number of hydrogen-bond donors (Lipinski definition) is 2. The number of ether oxygens (including phenoxy) is 2. The summed E-state index contributed by atoms with van der Waals surface area (Å²) in [7, 11) is 1.50. The maximum Gasteiger partial charge on any atom is 0.262 e. The van der Waals surface area contributed by atoms with Crippen molar-refractivity contribution in [3.63, 3.8) is 0 Å². The fourth-order valence-electron chi connectivity index (χ4n) is 8.85. The number of halogens is 2. The van der Waals surface area contributed by atoms with Gasteiger partial charge >= 0.3 is 0 Å². The van der Waals surface area contributed by atoms with Gasteiger partial charge in [-0.1, -0.05) is 26.8 Å². The Balaban J connectivity index is 1.28. The molecule has 2 aromatic carbocycles. The minimum absolute atomic E-state index is 0.0962. The molecule has 5 aliphatic rings. The average molecular weight is 678 g/mol. The molecule has 264 valence electrons. The maximum atomic E-state index is 14.9. The normalized spacial score (nSPS) is 26.4. The van der Waals surface area contributed by atoms with E-state index in [2.05, 4.69) is 35.9 Å². The van der Waals surface area contributed by atoms with Crippen LogP contribution >= 0.6 is 0 Å². The van der Waals surface area contributed by atoms with Gasteiger partial charge in [0.1, 0.15) is 18.2 Å². The number of methoxy groups -OCH3 is 1. The number of nitrogens with one attached hydrogen (secondary N) is 2. The van der Waals surface area contributed by atoms with Crippen molar-refractivity contribution in [3.8, 4) is 5.75 Å². The second kappa shape index (κ2) is 13.5. The number of rotatable bonds is 8. The molecular weight excluding hydrogens is 628 g/mol. The molecule has 3 heterocycles. The number of aryl methyl sites for hydroxylation is 1. The van der Waals surface area contributed by atoms with Crippen molar-refractivity contribution in [2.45, 2.75) is 58.7 Å². The summed E-state index contributed by atoms with van der Waals surface area (Å²) in [5, 5.41) is 13.3. The Bertz CT molecular complexity index is 1760. The Morgan fingerprint density at radius 1 is 1.16 bits per heavy atom. The Labute approximate surface area is 286 Å². The first-order valence-electron chi connectivity index (χ1n) is 17.7. The summed E-state index contributed by atoms with van der Waals surface area (Å²) < 4.78 is 41.1. The molecular formula is C37H49F2N7O3. The lowest BCUT2D eigenvalue weighted by Gasteiger charge is -2.63. The van der Waals surface area contributed by atoms with E-state index in [0.29, 0.717) is 104 Å². The molecule has 3 saturated carbocycles. The van der Waals surface area contributed by atoms with Crippen molar-refractivity contribution in [2.75, 3.05) is 69.5 Å². The van der Waals surface area contributed by atoms with Gasteiger partial charge < -0.3 is 29.5 Å². The molecule has 5 atom stereocenters. The van der Waals surface area contributed by atoms with Crippen LogP contribution in [0.3, 0.4) is 0 Å². The molecule has 1 aromatic heterocycles. The van der Waals surface area contributed by atoms with Crippen molar-refractivity contribution in [1.82, 2.24) is 19.8 Å². The summed E-state index contributed by atoms with van der Waals surface area (Å²) in [4.78, 5) is 25.6. The van der Waals surface area contributed by atoms with Crippen molar-refractivity contribution < 1.29 is 18.3 Å². The smallest absolute Gasteiger partial charge is 0.262 e. The highest BCUT2D eigenvalue weighted by molar-refractivity contribution is 5.97. The number of aromatic nitrogens is 2. The Hall–Kier alpha value is -3.77. The van der Waals surface area contributed by atoms with Gasteiger partial charge in [0.15, 0.2) is 5.96 Å². The van der Waals surface area contributed by atoms with Gasteiger partial charge in [0.05, 0.1) is 37.3 Å². The molecule has 0 amide bonds. The van der Waals surface area contributed by atoms with Crippen LogP contribution in [0.2, 0.25) is 0 Å². The van der Waals surface area contributed by atoms with Crippen LogP contribution in [-0.4, -0.2) is 92.2 Å². The third-order valence-corrected chi connectivity index (χ3v) is 12.0. The number of hydrogen-bond acceptors (Lipinski definition) is 7. The molecule has 0 radical (unpaired) electrons. The van der Waals surface area contributed by atoms with Crippen molar-refractivity contribution in [1.29, 1.82) is 5.41 Å². The molecule has 0 spiro atoms. The van der Waals surface area contributed by atoms with E-state index in [1.54, 1.807) is 16.7 Å². The van der Waals surface area contributed by atoms with E-state index in [1.807, 2.05) is 23.1 Å². The summed E-state index contributed by atoms with van der Waals surface area (Å²) in [5.41, 5.74) is 1.97. The third-order valence-electron chi connectivity index (χ3n) is 12.0. The fourth-order valence-corrected chi connectivity index (χ4v) is 8.85. The van der Waals surface area contributed by atoms with Crippen LogP contribution in [0.25, 0.3) is 10.9 Å². The summed E-state index contributed by atoms with van der Waals surface area (Å²) in [6, 6.07) is 10.3. The predicted octanol–water partition coefficient (Wildman–Crippen LogP) is 4.68. The molecule has 49 heavy (non-hydrogen) atoms. The van der Waals surface area contributed by atoms with Gasteiger partial charge in [-0.3, -0.25) is 14.8 Å². The van der Waals surface area contributed by atoms with Gasteiger partial charge in [-0.25, -0.2) is 13.8 Å². The first kappa shape index (κ1) is 33.7.